The Labute approximate surface area is 326 Å². The molecular weight excluding hydrogens is 702 g/mol. The molecule has 2 saturated heterocycles. The zero-order valence-corrected chi connectivity index (χ0v) is 33.7. The molecule has 2 aliphatic heterocycles. The Balaban J connectivity index is 1.20. The first-order valence-electron chi connectivity index (χ1n) is 20.9. The number of esters is 2. The molecular formula is C44H63NO10. The van der Waals surface area contributed by atoms with E-state index in [-0.39, 0.29) is 90.3 Å². The van der Waals surface area contributed by atoms with Crippen molar-refractivity contribution in [1.82, 2.24) is 5.32 Å². The second-order valence-corrected chi connectivity index (χ2v) is 17.2. The molecule has 0 amide bonds. The summed E-state index contributed by atoms with van der Waals surface area (Å²) in [5.74, 6) is 0.164. The van der Waals surface area contributed by atoms with E-state index in [2.05, 4.69) is 35.7 Å². The van der Waals surface area contributed by atoms with Crippen molar-refractivity contribution in [2.24, 2.45) is 47.3 Å². The van der Waals surface area contributed by atoms with Crippen LogP contribution in [0.3, 0.4) is 0 Å². The van der Waals surface area contributed by atoms with Gasteiger partial charge in [-0.3, -0.25) is 14.4 Å². The molecule has 55 heavy (non-hydrogen) atoms. The normalized spacial score (nSPS) is 43.0. The number of methoxy groups -OCH3 is 3. The van der Waals surface area contributed by atoms with Crippen LogP contribution in [0.1, 0.15) is 84.6 Å². The Morgan fingerprint density at radius 2 is 1.62 bits per heavy atom. The molecule has 4 aliphatic carbocycles. The fraction of sp³-hybridized carbons (Fsp3) is 0.750. The number of carbonyl (C=O) groups is 3. The van der Waals surface area contributed by atoms with Gasteiger partial charge in [0.1, 0.15) is 30.5 Å². The average molecular weight is 766 g/mol. The summed E-state index contributed by atoms with van der Waals surface area (Å²) >= 11 is 0. The number of benzene rings is 1. The second kappa shape index (κ2) is 17.4. The quantitative estimate of drug-likeness (QED) is 0.290. The van der Waals surface area contributed by atoms with Crippen LogP contribution in [0.4, 0.5) is 0 Å². The van der Waals surface area contributed by atoms with Crippen LogP contribution in [-0.2, 0) is 54.1 Å². The minimum atomic E-state index is -0.617. The van der Waals surface area contributed by atoms with Gasteiger partial charge in [-0.05, 0) is 98.5 Å². The number of nitrogens with one attached hydrogen (secondary N) is 1. The van der Waals surface area contributed by atoms with Gasteiger partial charge in [0.05, 0.1) is 24.5 Å². The van der Waals surface area contributed by atoms with Gasteiger partial charge < -0.3 is 38.5 Å². The van der Waals surface area contributed by atoms with Gasteiger partial charge in [-0.25, -0.2) is 0 Å². The molecule has 0 aromatic heterocycles. The van der Waals surface area contributed by atoms with Crippen LogP contribution in [0, 0.1) is 47.3 Å². The summed E-state index contributed by atoms with van der Waals surface area (Å²) in [4.78, 5) is 40.9. The number of carbonyl (C=O) groups excluding carboxylic acids is 3. The number of Topliss-reactive ketones (excluding diaryl/α,β-unsaturated/α-hetero) is 1. The number of rotatable bonds is 10. The van der Waals surface area contributed by atoms with Crippen LogP contribution in [0.15, 0.2) is 42.0 Å². The molecule has 7 rings (SSSR count). The first-order valence-corrected chi connectivity index (χ1v) is 20.9. The maximum atomic E-state index is 14.7. The highest BCUT2D eigenvalue weighted by molar-refractivity contribution is 5.99. The number of allylic oxidation sites excluding steroid dienone is 2. The molecule has 11 heteroatoms. The van der Waals surface area contributed by atoms with Gasteiger partial charge in [0, 0.05) is 46.8 Å². The zero-order chi connectivity index (χ0) is 39.0. The number of hydrogen-bond donors (Lipinski definition) is 1. The predicted octanol–water partition coefficient (Wildman–Crippen LogP) is 5.82. The smallest absolute Gasteiger partial charge is 0.306 e. The third-order valence-corrected chi connectivity index (χ3v) is 14.3. The Kier molecular flexibility index (Phi) is 12.9. The Morgan fingerprint density at radius 3 is 2.31 bits per heavy atom. The van der Waals surface area contributed by atoms with E-state index in [1.54, 1.807) is 21.3 Å². The van der Waals surface area contributed by atoms with E-state index >= 15 is 0 Å². The predicted molar refractivity (Wildman–Crippen MR) is 203 cm³/mol. The van der Waals surface area contributed by atoms with Crippen LogP contribution in [0.2, 0.25) is 0 Å². The van der Waals surface area contributed by atoms with Crippen LogP contribution >= 0.6 is 0 Å². The van der Waals surface area contributed by atoms with Gasteiger partial charge in [-0.15, -0.1) is 0 Å². The van der Waals surface area contributed by atoms with E-state index in [1.807, 2.05) is 26.8 Å². The highest BCUT2D eigenvalue weighted by atomic mass is 16.7. The van der Waals surface area contributed by atoms with E-state index in [0.29, 0.717) is 37.5 Å². The molecule has 1 aromatic carbocycles. The fourth-order valence-corrected chi connectivity index (χ4v) is 11.7. The number of ether oxygens (including phenoxy) is 7. The lowest BCUT2D eigenvalue weighted by molar-refractivity contribution is -0.314. The molecule has 0 radical (unpaired) electrons. The van der Waals surface area contributed by atoms with Gasteiger partial charge in [0.25, 0.3) is 0 Å². The minimum Gasteiger partial charge on any atom is -0.462 e. The SMILES string of the molecule is CC[C@H]1CCC[C@H](OC(C)=O)[C@@H](C)C(=O)C2=C[C@H]3[C@@H]4C[C@H](O[C@@H]5O[C@@H](C)[C@H](OC)[C@@H](OC)[C@H]5OC)C[C@H]4[C@@H]4CC(NCc5ccccc5)[C@@H]4[C@H]3[C@@H]2CC(=O)O1. The Hall–Kier alpha value is -2.67. The first-order chi connectivity index (χ1) is 26.6. The van der Waals surface area contributed by atoms with Crippen molar-refractivity contribution in [2.45, 2.75) is 141 Å². The molecule has 11 nitrogen and oxygen atoms in total. The number of hydrogen-bond acceptors (Lipinski definition) is 11. The van der Waals surface area contributed by atoms with E-state index in [9.17, 15) is 14.4 Å². The summed E-state index contributed by atoms with van der Waals surface area (Å²) in [5, 5.41) is 3.91. The Morgan fingerprint density at radius 1 is 0.891 bits per heavy atom. The van der Waals surface area contributed by atoms with Gasteiger partial charge >= 0.3 is 11.9 Å². The second-order valence-electron chi connectivity index (χ2n) is 17.2. The van der Waals surface area contributed by atoms with Crippen LogP contribution < -0.4 is 5.32 Å². The topological polar surface area (TPSA) is 128 Å². The highest BCUT2D eigenvalue weighted by Gasteiger charge is 2.64. The van der Waals surface area contributed by atoms with Crippen molar-refractivity contribution in [3.8, 4) is 0 Å². The van der Waals surface area contributed by atoms with Crippen molar-refractivity contribution in [2.75, 3.05) is 21.3 Å². The van der Waals surface area contributed by atoms with Crippen molar-refractivity contribution in [1.29, 1.82) is 0 Å². The van der Waals surface area contributed by atoms with E-state index in [0.717, 1.165) is 31.4 Å². The molecule has 17 atom stereocenters. The van der Waals surface area contributed by atoms with E-state index in [1.165, 1.54) is 12.5 Å². The number of cyclic esters (lactones) is 1. The maximum Gasteiger partial charge on any atom is 0.306 e. The summed E-state index contributed by atoms with van der Waals surface area (Å²) in [7, 11) is 4.98. The van der Waals surface area contributed by atoms with Gasteiger partial charge in [-0.1, -0.05) is 50.3 Å². The molecule has 0 spiro atoms. The van der Waals surface area contributed by atoms with Gasteiger partial charge in [0.15, 0.2) is 12.1 Å². The highest BCUT2D eigenvalue weighted by Crippen LogP contribution is 2.66. The molecule has 1 unspecified atom stereocenters. The molecule has 1 aromatic rings. The maximum absolute atomic E-state index is 14.7. The van der Waals surface area contributed by atoms with E-state index < -0.39 is 24.4 Å². The third kappa shape index (κ3) is 8.08. The molecule has 1 N–H and O–H groups in total. The summed E-state index contributed by atoms with van der Waals surface area (Å²) < 4.78 is 42.8. The number of ketones is 1. The summed E-state index contributed by atoms with van der Waals surface area (Å²) in [6.45, 7) is 8.09. The van der Waals surface area contributed by atoms with Crippen molar-refractivity contribution in [3.05, 3.63) is 47.5 Å². The zero-order valence-electron chi connectivity index (χ0n) is 33.7. The lowest BCUT2D eigenvalue weighted by Gasteiger charge is -2.59. The molecule has 3 saturated carbocycles. The summed E-state index contributed by atoms with van der Waals surface area (Å²) in [6, 6.07) is 10.7. The average Bonchev–Trinajstić information content (AvgIpc) is 3.73. The lowest BCUT2D eigenvalue weighted by atomic mass is 9.47. The van der Waals surface area contributed by atoms with Crippen LogP contribution in [0.5, 0.6) is 0 Å². The summed E-state index contributed by atoms with van der Waals surface area (Å²) in [5.41, 5.74) is 1.95. The van der Waals surface area contributed by atoms with E-state index in [4.69, 9.17) is 33.2 Å². The largest absolute Gasteiger partial charge is 0.462 e. The molecule has 304 valence electrons. The van der Waals surface area contributed by atoms with Crippen LogP contribution in [0.25, 0.3) is 0 Å². The summed E-state index contributed by atoms with van der Waals surface area (Å²) in [6.07, 6.45) is 5.02. The lowest BCUT2D eigenvalue weighted by Crippen LogP contribution is -2.61. The van der Waals surface area contributed by atoms with Crippen molar-refractivity contribution < 1.29 is 47.5 Å². The third-order valence-electron chi connectivity index (χ3n) is 14.3. The standard InChI is InChI=1S/C44H63NO10/c1-8-27-15-12-16-36(53-25(4)46)23(2)40(48)34-19-31-29-17-28(55-44-43(51-7)42(50-6)41(49-5)24(3)52-44)18-30(29)32-20-35(45-22-26-13-10-9-11-14-26)39(32)38(31)33(34)21-37(47)54-27/h9-11,13-14,19,23-24,27-33,35-36,38-39,41-45H,8,12,15-18,20-22H2,1-7H3/t23-,24+,27+,28+,29-,30-,31+,32+,33-,35?,36+,38-,39-,41+,42-,43-,44+/m1/s1. The monoisotopic (exact) mass is 765 g/mol. The van der Waals surface area contributed by atoms with Gasteiger partial charge in [0.2, 0.25) is 0 Å². The molecule has 5 fully saturated rings. The van der Waals surface area contributed by atoms with Crippen LogP contribution in [-0.4, -0.2) is 94.1 Å². The van der Waals surface area contributed by atoms with Crippen molar-refractivity contribution >= 4 is 17.7 Å². The van der Waals surface area contributed by atoms with Crippen molar-refractivity contribution in [3.63, 3.8) is 0 Å². The molecule has 2 heterocycles. The molecule has 6 aliphatic rings. The Bertz CT molecular complexity index is 1540. The molecule has 0 bridgehead atoms. The fourth-order valence-electron chi connectivity index (χ4n) is 11.7. The van der Waals surface area contributed by atoms with Gasteiger partial charge in [-0.2, -0.15) is 0 Å². The minimum absolute atomic E-state index is 0.0103. The first kappa shape index (κ1) is 40.5. The number of fused-ring (bicyclic) bond motifs is 8.